The first kappa shape index (κ1) is 18.8. The summed E-state index contributed by atoms with van der Waals surface area (Å²) in [4.78, 5) is 14.8. The number of hydrogen-bond donors (Lipinski definition) is 1. The molecule has 5 heteroatoms. The van der Waals surface area contributed by atoms with Crippen LogP contribution in [-0.2, 0) is 4.79 Å². The summed E-state index contributed by atoms with van der Waals surface area (Å²) in [5, 5.41) is 11.7. The zero-order chi connectivity index (χ0) is 19.1. The molecular formula is C22H25N3O2. The summed E-state index contributed by atoms with van der Waals surface area (Å²) in [5.74, 6) is 0.357. The highest BCUT2D eigenvalue weighted by Gasteiger charge is 2.15. The SMILES string of the molecule is C[C@H](Oc1ccc(C#N)cc1)C(=O)Nc1ccc(N2CCCCCC2)cc1. The van der Waals surface area contributed by atoms with Gasteiger partial charge in [0, 0.05) is 24.5 Å². The van der Waals surface area contributed by atoms with Crippen molar-refractivity contribution in [3.05, 3.63) is 54.1 Å². The Balaban J connectivity index is 1.55. The number of ether oxygens (including phenoxy) is 1. The van der Waals surface area contributed by atoms with E-state index in [0.717, 1.165) is 18.8 Å². The number of anilines is 2. The largest absolute Gasteiger partial charge is 0.481 e. The minimum atomic E-state index is -0.636. The van der Waals surface area contributed by atoms with E-state index in [-0.39, 0.29) is 5.91 Å². The topological polar surface area (TPSA) is 65.4 Å². The number of nitrogens with one attached hydrogen (secondary N) is 1. The summed E-state index contributed by atoms with van der Waals surface area (Å²) in [6.45, 7) is 3.90. The second-order valence-electron chi connectivity index (χ2n) is 6.83. The van der Waals surface area contributed by atoms with Crippen molar-refractivity contribution in [2.45, 2.75) is 38.7 Å². The first-order valence-electron chi connectivity index (χ1n) is 9.48. The lowest BCUT2D eigenvalue weighted by Gasteiger charge is -2.23. The Morgan fingerprint density at radius 3 is 2.26 bits per heavy atom. The van der Waals surface area contributed by atoms with E-state index in [0.29, 0.717) is 11.3 Å². The van der Waals surface area contributed by atoms with Crippen LogP contribution in [0.25, 0.3) is 0 Å². The van der Waals surface area contributed by atoms with Crippen molar-refractivity contribution in [3.63, 3.8) is 0 Å². The van der Waals surface area contributed by atoms with Crippen molar-refractivity contribution in [1.29, 1.82) is 5.26 Å². The van der Waals surface area contributed by atoms with Crippen molar-refractivity contribution in [2.75, 3.05) is 23.3 Å². The molecule has 0 radical (unpaired) electrons. The van der Waals surface area contributed by atoms with Crippen LogP contribution in [0.1, 0.15) is 38.2 Å². The molecule has 1 heterocycles. The molecule has 0 unspecified atom stereocenters. The number of benzene rings is 2. The third-order valence-corrected chi connectivity index (χ3v) is 4.77. The number of carbonyl (C=O) groups excluding carboxylic acids is 1. The molecule has 27 heavy (non-hydrogen) atoms. The molecule has 1 N–H and O–H groups in total. The van der Waals surface area contributed by atoms with Gasteiger partial charge in [-0.05, 0) is 68.3 Å². The number of hydrogen-bond acceptors (Lipinski definition) is 4. The molecule has 0 saturated carbocycles. The fourth-order valence-corrected chi connectivity index (χ4v) is 3.19. The summed E-state index contributed by atoms with van der Waals surface area (Å²) in [5.41, 5.74) is 2.52. The summed E-state index contributed by atoms with van der Waals surface area (Å²) >= 11 is 0. The van der Waals surface area contributed by atoms with Crippen molar-refractivity contribution in [3.8, 4) is 11.8 Å². The molecule has 1 saturated heterocycles. The molecule has 1 amide bonds. The Hall–Kier alpha value is -3.00. The molecule has 140 valence electrons. The summed E-state index contributed by atoms with van der Waals surface area (Å²) in [6, 6.07) is 16.8. The maximum Gasteiger partial charge on any atom is 0.265 e. The molecule has 5 nitrogen and oxygen atoms in total. The molecule has 3 rings (SSSR count). The summed E-state index contributed by atoms with van der Waals surface area (Å²) in [7, 11) is 0. The van der Waals surface area contributed by atoms with Crippen LogP contribution >= 0.6 is 0 Å². The first-order valence-corrected chi connectivity index (χ1v) is 9.48. The highest BCUT2D eigenvalue weighted by molar-refractivity contribution is 5.94. The van der Waals surface area contributed by atoms with Gasteiger partial charge in [-0.25, -0.2) is 0 Å². The zero-order valence-corrected chi connectivity index (χ0v) is 15.6. The second-order valence-corrected chi connectivity index (χ2v) is 6.83. The number of rotatable bonds is 5. The molecule has 1 aliphatic rings. The number of carbonyl (C=O) groups is 1. The second kappa shape index (κ2) is 9.09. The average Bonchev–Trinajstić information content (AvgIpc) is 2.98. The molecule has 0 aliphatic carbocycles. The van der Waals surface area contributed by atoms with Gasteiger partial charge in [-0.2, -0.15) is 5.26 Å². The molecular weight excluding hydrogens is 338 g/mol. The predicted molar refractivity (Wildman–Crippen MR) is 107 cm³/mol. The molecule has 2 aromatic rings. The van der Waals surface area contributed by atoms with Gasteiger partial charge in [0.05, 0.1) is 11.6 Å². The molecule has 1 aliphatic heterocycles. The van der Waals surface area contributed by atoms with Crippen LogP contribution in [0.5, 0.6) is 5.75 Å². The van der Waals surface area contributed by atoms with Gasteiger partial charge in [0.25, 0.3) is 5.91 Å². The van der Waals surface area contributed by atoms with E-state index >= 15 is 0 Å². The van der Waals surface area contributed by atoms with Gasteiger partial charge in [-0.3, -0.25) is 4.79 Å². The maximum atomic E-state index is 12.4. The Morgan fingerprint density at radius 1 is 1.04 bits per heavy atom. The highest BCUT2D eigenvalue weighted by Crippen LogP contribution is 2.22. The van der Waals surface area contributed by atoms with Gasteiger partial charge in [-0.1, -0.05) is 12.8 Å². The van der Waals surface area contributed by atoms with Crippen LogP contribution in [-0.4, -0.2) is 25.1 Å². The fraction of sp³-hybridized carbons (Fsp3) is 0.364. The lowest BCUT2D eigenvalue weighted by molar-refractivity contribution is -0.122. The Kier molecular flexibility index (Phi) is 6.32. The van der Waals surface area contributed by atoms with Crippen LogP contribution in [0, 0.1) is 11.3 Å². The van der Waals surface area contributed by atoms with E-state index < -0.39 is 6.10 Å². The zero-order valence-electron chi connectivity index (χ0n) is 15.6. The lowest BCUT2D eigenvalue weighted by atomic mass is 10.2. The van der Waals surface area contributed by atoms with E-state index in [1.807, 2.05) is 12.1 Å². The summed E-state index contributed by atoms with van der Waals surface area (Å²) < 4.78 is 5.65. The molecule has 0 spiro atoms. The van der Waals surface area contributed by atoms with E-state index in [9.17, 15) is 4.79 Å². The van der Waals surface area contributed by atoms with Crippen molar-refractivity contribution in [1.82, 2.24) is 0 Å². The fourth-order valence-electron chi connectivity index (χ4n) is 3.19. The normalized spacial score (nSPS) is 15.3. The van der Waals surface area contributed by atoms with Crippen LogP contribution in [0.3, 0.4) is 0 Å². The third kappa shape index (κ3) is 5.24. The quantitative estimate of drug-likeness (QED) is 0.858. The smallest absolute Gasteiger partial charge is 0.265 e. The highest BCUT2D eigenvalue weighted by atomic mass is 16.5. The van der Waals surface area contributed by atoms with Crippen LogP contribution in [0.2, 0.25) is 0 Å². The van der Waals surface area contributed by atoms with Gasteiger partial charge in [0.2, 0.25) is 0 Å². The van der Waals surface area contributed by atoms with E-state index in [1.54, 1.807) is 31.2 Å². The van der Waals surface area contributed by atoms with E-state index in [1.165, 1.54) is 31.4 Å². The number of nitrogens with zero attached hydrogens (tertiary/aromatic N) is 2. The Labute approximate surface area is 160 Å². The summed E-state index contributed by atoms with van der Waals surface area (Å²) in [6.07, 6.45) is 4.46. The van der Waals surface area contributed by atoms with Gasteiger partial charge in [-0.15, -0.1) is 0 Å². The van der Waals surface area contributed by atoms with Gasteiger partial charge in [0.1, 0.15) is 5.75 Å². The van der Waals surface area contributed by atoms with E-state index in [2.05, 4.69) is 28.4 Å². The maximum absolute atomic E-state index is 12.4. The molecule has 0 bridgehead atoms. The lowest BCUT2D eigenvalue weighted by Crippen LogP contribution is -2.30. The van der Waals surface area contributed by atoms with Crippen molar-refractivity contribution in [2.24, 2.45) is 0 Å². The molecule has 0 aromatic heterocycles. The Bertz CT molecular complexity index is 786. The van der Waals surface area contributed by atoms with Crippen molar-refractivity contribution < 1.29 is 9.53 Å². The number of amides is 1. The molecule has 2 aromatic carbocycles. The van der Waals surface area contributed by atoms with Crippen LogP contribution < -0.4 is 15.0 Å². The minimum Gasteiger partial charge on any atom is -0.481 e. The van der Waals surface area contributed by atoms with Crippen LogP contribution in [0.15, 0.2) is 48.5 Å². The molecule has 1 atom stereocenters. The predicted octanol–water partition coefficient (Wildman–Crippen LogP) is 4.34. The van der Waals surface area contributed by atoms with Gasteiger partial charge in [0.15, 0.2) is 6.10 Å². The Morgan fingerprint density at radius 2 is 1.67 bits per heavy atom. The number of nitriles is 1. The van der Waals surface area contributed by atoms with Gasteiger partial charge < -0.3 is 15.0 Å². The van der Waals surface area contributed by atoms with Crippen LogP contribution in [0.4, 0.5) is 11.4 Å². The van der Waals surface area contributed by atoms with Crippen molar-refractivity contribution >= 4 is 17.3 Å². The van der Waals surface area contributed by atoms with Gasteiger partial charge >= 0.3 is 0 Å². The molecule has 1 fully saturated rings. The third-order valence-electron chi connectivity index (χ3n) is 4.77. The first-order chi connectivity index (χ1) is 13.2. The minimum absolute atomic E-state index is 0.207. The average molecular weight is 363 g/mol. The monoisotopic (exact) mass is 363 g/mol. The van der Waals surface area contributed by atoms with E-state index in [4.69, 9.17) is 10.00 Å². The standard InChI is InChI=1S/C22H25N3O2/c1-17(27-21-12-6-18(16-23)7-13-21)22(26)24-19-8-10-20(11-9-19)25-14-4-2-3-5-15-25/h6-13,17H,2-5,14-15H2,1H3,(H,24,26)/t17-/m0/s1.